The maximum Gasteiger partial charge on any atom is 0.255 e. The van der Waals surface area contributed by atoms with Gasteiger partial charge in [0.2, 0.25) is 5.91 Å². The van der Waals surface area contributed by atoms with E-state index in [2.05, 4.69) is 10.6 Å². The molecule has 0 heterocycles. The van der Waals surface area contributed by atoms with Gasteiger partial charge >= 0.3 is 0 Å². The van der Waals surface area contributed by atoms with Gasteiger partial charge in [-0.3, -0.25) is 9.59 Å². The van der Waals surface area contributed by atoms with E-state index in [4.69, 9.17) is 9.47 Å². The third-order valence-corrected chi connectivity index (χ3v) is 5.27. The zero-order valence-corrected chi connectivity index (χ0v) is 17.8. The van der Waals surface area contributed by atoms with Crippen LogP contribution in [0.1, 0.15) is 10.4 Å². The molecule has 0 aliphatic carbocycles. The molecular weight excluding hydrogens is 419 g/mol. The Labute approximate surface area is 183 Å². The van der Waals surface area contributed by atoms with Gasteiger partial charge < -0.3 is 20.1 Å². The molecule has 31 heavy (non-hydrogen) atoms. The summed E-state index contributed by atoms with van der Waals surface area (Å²) in [4.78, 5) is 25.4. The van der Waals surface area contributed by atoms with Crippen LogP contribution in [-0.4, -0.2) is 31.8 Å². The van der Waals surface area contributed by atoms with Gasteiger partial charge in [-0.15, -0.1) is 11.8 Å². The SMILES string of the molecule is COc1ccc(C(=O)Nc2ccc(SCC(=O)Nc3ccc(F)cc3)cc2)cc1OC. The number of hydrogen-bond acceptors (Lipinski definition) is 5. The van der Waals surface area contributed by atoms with Crippen molar-refractivity contribution >= 4 is 35.0 Å². The number of rotatable bonds is 8. The number of thioether (sulfide) groups is 1. The maximum atomic E-state index is 12.9. The van der Waals surface area contributed by atoms with Crippen molar-refractivity contribution < 1.29 is 23.5 Å². The van der Waals surface area contributed by atoms with Crippen molar-refractivity contribution in [3.8, 4) is 11.5 Å². The summed E-state index contributed by atoms with van der Waals surface area (Å²) < 4.78 is 23.3. The number of halogens is 1. The molecule has 0 spiro atoms. The lowest BCUT2D eigenvalue weighted by atomic mass is 10.2. The molecule has 3 aromatic carbocycles. The van der Waals surface area contributed by atoms with Gasteiger partial charge in [-0.05, 0) is 66.7 Å². The Kier molecular flexibility index (Phi) is 7.50. The van der Waals surface area contributed by atoms with Gasteiger partial charge in [0.15, 0.2) is 11.5 Å². The van der Waals surface area contributed by atoms with Crippen LogP contribution in [0.4, 0.5) is 15.8 Å². The zero-order chi connectivity index (χ0) is 22.2. The van der Waals surface area contributed by atoms with Crippen LogP contribution in [0.25, 0.3) is 0 Å². The highest BCUT2D eigenvalue weighted by Gasteiger charge is 2.11. The Hall–Kier alpha value is -3.52. The van der Waals surface area contributed by atoms with Gasteiger partial charge in [0.05, 0.1) is 20.0 Å². The molecule has 0 saturated heterocycles. The first kappa shape index (κ1) is 22.2. The molecule has 3 rings (SSSR count). The Bertz CT molecular complexity index is 1060. The third kappa shape index (κ3) is 6.23. The van der Waals surface area contributed by atoms with E-state index in [0.29, 0.717) is 28.4 Å². The van der Waals surface area contributed by atoms with E-state index >= 15 is 0 Å². The predicted octanol–water partition coefficient (Wildman–Crippen LogP) is 4.83. The molecule has 160 valence electrons. The molecule has 0 aliphatic heterocycles. The van der Waals surface area contributed by atoms with E-state index in [1.54, 1.807) is 30.3 Å². The largest absolute Gasteiger partial charge is 0.493 e. The standard InChI is InChI=1S/C23H21FN2O4S/c1-29-20-12-3-15(13-21(20)30-2)23(28)26-18-8-10-19(11-9-18)31-14-22(27)25-17-6-4-16(24)5-7-17/h3-13H,14H2,1-2H3,(H,25,27)(H,26,28). The fraction of sp³-hybridized carbons (Fsp3) is 0.130. The lowest BCUT2D eigenvalue weighted by molar-refractivity contribution is -0.113. The van der Waals surface area contributed by atoms with Gasteiger partial charge in [-0.25, -0.2) is 4.39 Å². The Balaban J connectivity index is 1.53. The number of hydrogen-bond donors (Lipinski definition) is 2. The lowest BCUT2D eigenvalue weighted by Crippen LogP contribution is -2.14. The minimum Gasteiger partial charge on any atom is -0.493 e. The first-order valence-electron chi connectivity index (χ1n) is 9.30. The van der Waals surface area contributed by atoms with Crippen molar-refractivity contribution in [3.05, 3.63) is 78.1 Å². The molecule has 6 nitrogen and oxygen atoms in total. The lowest BCUT2D eigenvalue weighted by Gasteiger charge is -2.10. The number of anilines is 2. The molecule has 0 radical (unpaired) electrons. The molecule has 0 fully saturated rings. The fourth-order valence-electron chi connectivity index (χ4n) is 2.69. The number of amides is 2. The average molecular weight is 440 g/mol. The molecule has 0 saturated carbocycles. The van der Waals surface area contributed by atoms with Gasteiger partial charge in [-0.2, -0.15) is 0 Å². The summed E-state index contributed by atoms with van der Waals surface area (Å²) in [6, 6.07) is 17.7. The van der Waals surface area contributed by atoms with E-state index < -0.39 is 0 Å². The van der Waals surface area contributed by atoms with Crippen LogP contribution in [0.2, 0.25) is 0 Å². The Morgan fingerprint density at radius 3 is 2.10 bits per heavy atom. The van der Waals surface area contributed by atoms with E-state index in [9.17, 15) is 14.0 Å². The van der Waals surface area contributed by atoms with Crippen LogP contribution in [-0.2, 0) is 4.79 Å². The number of carbonyl (C=O) groups excluding carboxylic acids is 2. The summed E-state index contributed by atoms with van der Waals surface area (Å²) >= 11 is 1.35. The molecular formula is C23H21FN2O4S. The van der Waals surface area contributed by atoms with Crippen molar-refractivity contribution in [1.29, 1.82) is 0 Å². The van der Waals surface area contributed by atoms with E-state index in [0.717, 1.165) is 4.90 Å². The summed E-state index contributed by atoms with van der Waals surface area (Å²) in [5.41, 5.74) is 1.61. The molecule has 0 aliphatic rings. The minimum absolute atomic E-state index is 0.192. The smallest absolute Gasteiger partial charge is 0.255 e. The summed E-state index contributed by atoms with van der Waals surface area (Å²) in [5, 5.41) is 5.53. The molecule has 0 bridgehead atoms. The van der Waals surface area contributed by atoms with E-state index in [1.807, 2.05) is 12.1 Å². The number of benzene rings is 3. The molecule has 0 aromatic heterocycles. The first-order chi connectivity index (χ1) is 15.0. The van der Waals surface area contributed by atoms with Crippen LogP contribution in [0, 0.1) is 5.82 Å². The maximum absolute atomic E-state index is 12.9. The minimum atomic E-state index is -0.356. The van der Waals surface area contributed by atoms with Gasteiger partial charge in [0.25, 0.3) is 5.91 Å². The highest BCUT2D eigenvalue weighted by atomic mass is 32.2. The molecule has 2 N–H and O–H groups in total. The highest BCUT2D eigenvalue weighted by molar-refractivity contribution is 8.00. The predicted molar refractivity (Wildman–Crippen MR) is 120 cm³/mol. The van der Waals surface area contributed by atoms with Crippen LogP contribution in [0.15, 0.2) is 71.6 Å². The summed E-state index contributed by atoms with van der Waals surface area (Å²) in [6.07, 6.45) is 0. The average Bonchev–Trinajstić information content (AvgIpc) is 2.79. The molecule has 2 amide bonds. The van der Waals surface area contributed by atoms with E-state index in [1.165, 1.54) is 50.2 Å². The molecule has 0 unspecified atom stereocenters. The molecule has 0 atom stereocenters. The van der Waals surface area contributed by atoms with Crippen LogP contribution in [0.5, 0.6) is 11.5 Å². The van der Waals surface area contributed by atoms with Gasteiger partial charge in [0.1, 0.15) is 5.82 Å². The Morgan fingerprint density at radius 2 is 1.45 bits per heavy atom. The Morgan fingerprint density at radius 1 is 0.839 bits per heavy atom. The summed E-state index contributed by atoms with van der Waals surface area (Å²) in [5.74, 6) is 0.396. The number of methoxy groups -OCH3 is 2. The van der Waals surface area contributed by atoms with Crippen LogP contribution >= 0.6 is 11.8 Å². The third-order valence-electron chi connectivity index (χ3n) is 4.26. The second-order valence-electron chi connectivity index (χ2n) is 6.39. The van der Waals surface area contributed by atoms with Crippen LogP contribution < -0.4 is 20.1 Å². The number of ether oxygens (including phenoxy) is 2. The van der Waals surface area contributed by atoms with E-state index in [-0.39, 0.29) is 23.4 Å². The summed E-state index contributed by atoms with van der Waals surface area (Å²) in [7, 11) is 3.04. The van der Waals surface area contributed by atoms with Crippen LogP contribution in [0.3, 0.4) is 0 Å². The number of nitrogens with one attached hydrogen (secondary N) is 2. The molecule has 3 aromatic rings. The number of carbonyl (C=O) groups is 2. The normalized spacial score (nSPS) is 10.3. The monoisotopic (exact) mass is 440 g/mol. The molecule has 8 heteroatoms. The first-order valence-corrected chi connectivity index (χ1v) is 10.3. The zero-order valence-electron chi connectivity index (χ0n) is 17.0. The van der Waals surface area contributed by atoms with Crippen molar-refractivity contribution in [2.24, 2.45) is 0 Å². The van der Waals surface area contributed by atoms with Crippen molar-refractivity contribution in [1.82, 2.24) is 0 Å². The van der Waals surface area contributed by atoms with Crippen molar-refractivity contribution in [2.75, 3.05) is 30.6 Å². The topological polar surface area (TPSA) is 76.7 Å². The van der Waals surface area contributed by atoms with Crippen molar-refractivity contribution in [2.45, 2.75) is 4.90 Å². The van der Waals surface area contributed by atoms with Crippen molar-refractivity contribution in [3.63, 3.8) is 0 Å². The second-order valence-corrected chi connectivity index (χ2v) is 7.44. The van der Waals surface area contributed by atoms with Gasteiger partial charge in [-0.1, -0.05) is 0 Å². The second kappa shape index (κ2) is 10.5. The highest BCUT2D eigenvalue weighted by Crippen LogP contribution is 2.28. The fourth-order valence-corrected chi connectivity index (χ4v) is 3.39. The summed E-state index contributed by atoms with van der Waals surface area (Å²) in [6.45, 7) is 0. The quantitative estimate of drug-likeness (QED) is 0.491. The van der Waals surface area contributed by atoms with Gasteiger partial charge in [0, 0.05) is 21.8 Å².